The zero-order valence-corrected chi connectivity index (χ0v) is 14.5. The average molecular weight is 365 g/mol. The van der Waals surface area contributed by atoms with E-state index in [9.17, 15) is 4.79 Å². The van der Waals surface area contributed by atoms with Crippen LogP contribution in [-0.4, -0.2) is 25.6 Å². The maximum absolute atomic E-state index is 12.1. The minimum atomic E-state index is -0.0924. The summed E-state index contributed by atoms with van der Waals surface area (Å²) in [6.45, 7) is 0.672. The van der Waals surface area contributed by atoms with Gasteiger partial charge in [-0.05, 0) is 17.0 Å². The highest BCUT2D eigenvalue weighted by atomic mass is 32.1. The fraction of sp³-hybridized carbons (Fsp3) is 0.111. The van der Waals surface area contributed by atoms with E-state index in [1.54, 1.807) is 17.1 Å². The van der Waals surface area contributed by atoms with Crippen LogP contribution in [-0.2, 0) is 17.9 Å². The van der Waals surface area contributed by atoms with Crippen LogP contribution < -0.4 is 5.32 Å². The Hall–Kier alpha value is -3.26. The number of nitrogens with one attached hydrogen (secondary N) is 1. The Kier molecular flexibility index (Phi) is 4.57. The van der Waals surface area contributed by atoms with Crippen molar-refractivity contribution in [2.45, 2.75) is 13.1 Å². The van der Waals surface area contributed by atoms with Crippen LogP contribution in [0, 0.1) is 0 Å². The summed E-state index contributed by atoms with van der Waals surface area (Å²) in [5, 5.41) is 8.78. The van der Waals surface area contributed by atoms with Crippen molar-refractivity contribution < 1.29 is 9.32 Å². The third kappa shape index (κ3) is 3.70. The topological polar surface area (TPSA) is 85.8 Å². The van der Waals surface area contributed by atoms with Crippen molar-refractivity contribution in [3.8, 4) is 22.3 Å². The van der Waals surface area contributed by atoms with Gasteiger partial charge in [-0.1, -0.05) is 41.6 Å². The summed E-state index contributed by atoms with van der Waals surface area (Å²) in [5.74, 6) is 0.771. The van der Waals surface area contributed by atoms with Crippen LogP contribution in [0.2, 0.25) is 0 Å². The molecule has 0 aliphatic rings. The molecule has 3 aromatic heterocycles. The summed E-state index contributed by atoms with van der Waals surface area (Å²) in [7, 11) is 0. The first-order valence-corrected chi connectivity index (χ1v) is 8.86. The van der Waals surface area contributed by atoms with Crippen LogP contribution in [0.3, 0.4) is 0 Å². The monoisotopic (exact) mass is 365 g/mol. The van der Waals surface area contributed by atoms with E-state index in [2.05, 4.69) is 20.4 Å². The summed E-state index contributed by atoms with van der Waals surface area (Å²) in [6, 6.07) is 13.6. The zero-order valence-electron chi connectivity index (χ0n) is 13.7. The second-order valence-electron chi connectivity index (χ2n) is 5.59. The third-order valence-corrected chi connectivity index (χ3v) is 4.54. The number of nitrogens with zero attached hydrogens (tertiary/aromatic N) is 4. The molecule has 1 N–H and O–H groups in total. The molecule has 0 bridgehead atoms. The second kappa shape index (κ2) is 7.32. The first-order chi connectivity index (χ1) is 12.8. The molecule has 0 radical (unpaired) electrons. The Bertz CT molecular complexity index is 992. The fourth-order valence-corrected chi connectivity index (χ4v) is 3.05. The maximum atomic E-state index is 12.1. The highest BCUT2D eigenvalue weighted by Gasteiger charge is 2.14. The number of rotatable bonds is 6. The lowest BCUT2D eigenvalue weighted by molar-refractivity contribution is -0.121. The predicted octanol–water partition coefficient (Wildman–Crippen LogP) is 2.98. The summed E-state index contributed by atoms with van der Waals surface area (Å²) in [4.78, 5) is 21.6. The molecule has 0 unspecified atom stereocenters. The van der Waals surface area contributed by atoms with Gasteiger partial charge in [-0.25, -0.2) is 4.98 Å². The molecule has 3 heterocycles. The van der Waals surface area contributed by atoms with Crippen molar-refractivity contribution in [2.75, 3.05) is 0 Å². The van der Waals surface area contributed by atoms with Crippen molar-refractivity contribution in [3.05, 3.63) is 65.9 Å². The maximum Gasteiger partial charge on any atom is 0.268 e. The number of carbonyl (C=O) groups excluding carboxylic acids is 1. The standard InChI is InChI=1S/C18H15N5O2S/c24-16(19-9-13-5-2-1-3-6-13)11-23-10-14(20-12-23)17-21-18(25-22-17)15-7-4-8-26-15/h1-8,10,12H,9,11H2,(H,19,24). The minimum absolute atomic E-state index is 0.0924. The molecule has 0 aliphatic heterocycles. The van der Waals surface area contributed by atoms with E-state index in [1.165, 1.54) is 11.3 Å². The molecule has 4 aromatic rings. The fourth-order valence-electron chi connectivity index (χ4n) is 2.41. The van der Waals surface area contributed by atoms with Crippen molar-refractivity contribution >= 4 is 17.2 Å². The van der Waals surface area contributed by atoms with Gasteiger partial charge in [-0.15, -0.1) is 11.3 Å². The van der Waals surface area contributed by atoms with Crippen LogP contribution in [0.25, 0.3) is 22.3 Å². The van der Waals surface area contributed by atoms with Crippen LogP contribution in [0.5, 0.6) is 0 Å². The van der Waals surface area contributed by atoms with Gasteiger partial charge in [-0.2, -0.15) is 4.98 Å². The molecule has 130 valence electrons. The molecule has 0 spiro atoms. The minimum Gasteiger partial charge on any atom is -0.350 e. The normalized spacial score (nSPS) is 10.8. The van der Waals surface area contributed by atoms with Crippen LogP contribution in [0.4, 0.5) is 0 Å². The van der Waals surface area contributed by atoms with Crippen LogP contribution in [0.15, 0.2) is 64.9 Å². The van der Waals surface area contributed by atoms with Gasteiger partial charge in [0.25, 0.3) is 5.89 Å². The number of aromatic nitrogens is 4. The number of benzene rings is 1. The number of hydrogen-bond donors (Lipinski definition) is 1. The SMILES string of the molecule is O=C(Cn1cnc(-c2noc(-c3cccs3)n2)c1)NCc1ccccc1. The quantitative estimate of drug-likeness (QED) is 0.568. The first kappa shape index (κ1) is 16.2. The Morgan fingerprint density at radius 3 is 2.88 bits per heavy atom. The lowest BCUT2D eigenvalue weighted by Crippen LogP contribution is -2.26. The van der Waals surface area contributed by atoms with Gasteiger partial charge in [0.05, 0.1) is 11.2 Å². The molecule has 4 rings (SSSR count). The Labute approximate surface area is 153 Å². The van der Waals surface area contributed by atoms with E-state index in [-0.39, 0.29) is 12.5 Å². The molecule has 0 saturated heterocycles. The van der Waals surface area contributed by atoms with E-state index in [4.69, 9.17) is 4.52 Å². The van der Waals surface area contributed by atoms with Gasteiger partial charge in [0.2, 0.25) is 11.7 Å². The van der Waals surface area contributed by atoms with E-state index in [1.807, 2.05) is 47.8 Å². The largest absolute Gasteiger partial charge is 0.350 e. The van der Waals surface area contributed by atoms with Gasteiger partial charge in [0, 0.05) is 12.7 Å². The van der Waals surface area contributed by atoms with Crippen molar-refractivity contribution in [1.29, 1.82) is 0 Å². The lowest BCUT2D eigenvalue weighted by atomic mass is 10.2. The summed E-state index contributed by atoms with van der Waals surface area (Å²) in [6.07, 6.45) is 3.31. The number of hydrogen-bond acceptors (Lipinski definition) is 6. The molecule has 0 aliphatic carbocycles. The molecule has 7 nitrogen and oxygen atoms in total. The van der Waals surface area contributed by atoms with Gasteiger partial charge in [-0.3, -0.25) is 4.79 Å². The van der Waals surface area contributed by atoms with Crippen LogP contribution in [0.1, 0.15) is 5.56 Å². The van der Waals surface area contributed by atoms with Gasteiger partial charge < -0.3 is 14.4 Å². The smallest absolute Gasteiger partial charge is 0.268 e. The summed E-state index contributed by atoms with van der Waals surface area (Å²) in [5.41, 5.74) is 1.62. The molecule has 8 heteroatoms. The van der Waals surface area contributed by atoms with Crippen LogP contribution >= 0.6 is 11.3 Å². The van der Waals surface area contributed by atoms with Crippen molar-refractivity contribution in [1.82, 2.24) is 25.0 Å². The Balaban J connectivity index is 1.38. The van der Waals surface area contributed by atoms with Gasteiger partial charge in [0.1, 0.15) is 12.2 Å². The predicted molar refractivity (Wildman–Crippen MR) is 97.1 cm³/mol. The summed E-state index contributed by atoms with van der Waals surface area (Å²) >= 11 is 1.53. The summed E-state index contributed by atoms with van der Waals surface area (Å²) < 4.78 is 6.95. The molecule has 0 saturated carbocycles. The molecule has 1 aromatic carbocycles. The number of carbonyl (C=O) groups is 1. The first-order valence-electron chi connectivity index (χ1n) is 7.98. The molecule has 1 amide bonds. The van der Waals surface area contributed by atoms with Gasteiger partial charge in [0.15, 0.2) is 0 Å². The van der Waals surface area contributed by atoms with E-state index in [0.29, 0.717) is 24.0 Å². The second-order valence-corrected chi connectivity index (χ2v) is 6.54. The van der Waals surface area contributed by atoms with Crippen molar-refractivity contribution in [3.63, 3.8) is 0 Å². The molecule has 0 atom stereocenters. The Morgan fingerprint density at radius 2 is 2.08 bits per heavy atom. The molecule has 0 fully saturated rings. The lowest BCUT2D eigenvalue weighted by Gasteiger charge is -2.05. The van der Waals surface area contributed by atoms with E-state index >= 15 is 0 Å². The molecule has 26 heavy (non-hydrogen) atoms. The Morgan fingerprint density at radius 1 is 1.19 bits per heavy atom. The molecular weight excluding hydrogens is 350 g/mol. The van der Waals surface area contributed by atoms with E-state index in [0.717, 1.165) is 10.4 Å². The molecular formula is C18H15N5O2S. The third-order valence-electron chi connectivity index (χ3n) is 3.68. The highest BCUT2D eigenvalue weighted by molar-refractivity contribution is 7.13. The zero-order chi connectivity index (χ0) is 17.8. The van der Waals surface area contributed by atoms with Crippen molar-refractivity contribution in [2.24, 2.45) is 0 Å². The van der Waals surface area contributed by atoms with E-state index < -0.39 is 0 Å². The number of imidazole rings is 1. The van der Waals surface area contributed by atoms with Gasteiger partial charge >= 0.3 is 0 Å². The average Bonchev–Trinajstić information content (AvgIpc) is 3.40. The number of amides is 1. The highest BCUT2D eigenvalue weighted by Crippen LogP contribution is 2.24. The number of thiophene rings is 1.